The molecule has 3 atom stereocenters. The Balaban J connectivity index is 2.05. The van der Waals surface area contributed by atoms with E-state index in [1.54, 1.807) is 6.33 Å². The summed E-state index contributed by atoms with van der Waals surface area (Å²) in [4.78, 5) is 4.49. The highest BCUT2D eigenvalue weighted by Crippen LogP contribution is 2.35. The second kappa shape index (κ2) is 7.21. The second-order valence-electron chi connectivity index (χ2n) is 6.58. The van der Waals surface area contributed by atoms with E-state index in [1.807, 2.05) is 0 Å². The maximum Gasteiger partial charge on any atom is 0.138 e. The minimum absolute atomic E-state index is 0.636. The Labute approximate surface area is 123 Å². The molecule has 1 aromatic rings. The van der Waals surface area contributed by atoms with Crippen molar-refractivity contribution in [2.75, 3.05) is 7.05 Å². The number of nitrogens with zero attached hydrogens (tertiary/aromatic N) is 3. The fourth-order valence-electron chi connectivity index (χ4n) is 3.59. The summed E-state index contributed by atoms with van der Waals surface area (Å²) in [5.41, 5.74) is 0. The first-order valence-corrected chi connectivity index (χ1v) is 8.19. The Morgan fingerprint density at radius 1 is 1.40 bits per heavy atom. The van der Waals surface area contributed by atoms with E-state index in [0.29, 0.717) is 12.0 Å². The predicted octanol–water partition coefficient (Wildman–Crippen LogP) is 2.89. The molecular formula is C16H30N4. The molecule has 0 aromatic carbocycles. The van der Waals surface area contributed by atoms with Crippen molar-refractivity contribution in [3.8, 4) is 0 Å². The Morgan fingerprint density at radius 2 is 2.20 bits per heavy atom. The molecule has 20 heavy (non-hydrogen) atoms. The van der Waals surface area contributed by atoms with Crippen LogP contribution in [0.4, 0.5) is 0 Å². The summed E-state index contributed by atoms with van der Waals surface area (Å²) in [6.45, 7) is 7.90. The van der Waals surface area contributed by atoms with Gasteiger partial charge in [-0.05, 0) is 50.5 Å². The van der Waals surface area contributed by atoms with Crippen molar-refractivity contribution in [3.05, 3.63) is 12.2 Å². The van der Waals surface area contributed by atoms with E-state index in [9.17, 15) is 0 Å². The molecule has 0 radical (unpaired) electrons. The first-order valence-electron chi connectivity index (χ1n) is 8.19. The van der Waals surface area contributed by atoms with Gasteiger partial charge >= 0.3 is 0 Å². The van der Waals surface area contributed by atoms with Crippen LogP contribution in [0, 0.1) is 17.8 Å². The molecule has 0 aliphatic heterocycles. The van der Waals surface area contributed by atoms with Crippen molar-refractivity contribution >= 4 is 0 Å². The predicted molar refractivity (Wildman–Crippen MR) is 82.5 cm³/mol. The molecule has 0 bridgehead atoms. The van der Waals surface area contributed by atoms with Crippen LogP contribution in [0.5, 0.6) is 0 Å². The summed E-state index contributed by atoms with van der Waals surface area (Å²) in [6.07, 6.45) is 7.87. The van der Waals surface area contributed by atoms with Gasteiger partial charge < -0.3 is 5.32 Å². The van der Waals surface area contributed by atoms with Gasteiger partial charge in [-0.25, -0.2) is 4.98 Å². The third-order valence-electron chi connectivity index (χ3n) is 4.91. The fourth-order valence-corrected chi connectivity index (χ4v) is 3.59. The number of aryl methyl sites for hydroxylation is 1. The van der Waals surface area contributed by atoms with Crippen molar-refractivity contribution in [1.82, 2.24) is 20.1 Å². The highest BCUT2D eigenvalue weighted by molar-refractivity contribution is 4.94. The molecule has 4 nitrogen and oxygen atoms in total. The molecule has 114 valence electrons. The molecule has 1 N–H and O–H groups in total. The Hall–Kier alpha value is -0.900. The molecule has 0 saturated heterocycles. The maximum absolute atomic E-state index is 4.49. The van der Waals surface area contributed by atoms with Gasteiger partial charge in [0.15, 0.2) is 0 Å². The van der Waals surface area contributed by atoms with Gasteiger partial charge in [0.2, 0.25) is 0 Å². The van der Waals surface area contributed by atoms with Crippen LogP contribution in [0.3, 0.4) is 0 Å². The highest BCUT2D eigenvalue weighted by atomic mass is 15.3. The van der Waals surface area contributed by atoms with Gasteiger partial charge in [0, 0.05) is 19.0 Å². The molecule has 2 rings (SSSR count). The minimum Gasteiger partial charge on any atom is -0.317 e. The number of hydrogen-bond acceptors (Lipinski definition) is 3. The first kappa shape index (κ1) is 15.5. The zero-order valence-corrected chi connectivity index (χ0v) is 13.5. The van der Waals surface area contributed by atoms with Crippen molar-refractivity contribution in [3.63, 3.8) is 0 Å². The van der Waals surface area contributed by atoms with E-state index in [0.717, 1.165) is 31.2 Å². The van der Waals surface area contributed by atoms with Crippen LogP contribution in [0.15, 0.2) is 6.33 Å². The van der Waals surface area contributed by atoms with Crippen LogP contribution in [-0.2, 0) is 13.0 Å². The Morgan fingerprint density at radius 3 is 2.85 bits per heavy atom. The van der Waals surface area contributed by atoms with Gasteiger partial charge in [-0.15, -0.1) is 0 Å². The summed E-state index contributed by atoms with van der Waals surface area (Å²) in [5.74, 6) is 3.53. The number of nitrogens with one attached hydrogen (secondary N) is 1. The average molecular weight is 278 g/mol. The lowest BCUT2D eigenvalue weighted by Gasteiger charge is -2.37. The highest BCUT2D eigenvalue weighted by Gasteiger charge is 2.31. The van der Waals surface area contributed by atoms with Gasteiger partial charge in [-0.2, -0.15) is 5.10 Å². The van der Waals surface area contributed by atoms with Crippen molar-refractivity contribution < 1.29 is 0 Å². The minimum atomic E-state index is 0.636. The molecule has 1 aliphatic carbocycles. The quantitative estimate of drug-likeness (QED) is 0.870. The van der Waals surface area contributed by atoms with Gasteiger partial charge in [0.1, 0.15) is 12.2 Å². The van der Waals surface area contributed by atoms with Crippen molar-refractivity contribution in [2.45, 2.75) is 65.5 Å². The van der Waals surface area contributed by atoms with E-state index in [4.69, 9.17) is 0 Å². The number of aromatic nitrogens is 3. The molecule has 1 fully saturated rings. The van der Waals surface area contributed by atoms with Crippen molar-refractivity contribution in [1.29, 1.82) is 0 Å². The molecule has 0 spiro atoms. The van der Waals surface area contributed by atoms with Crippen molar-refractivity contribution in [2.24, 2.45) is 17.8 Å². The van der Waals surface area contributed by atoms with Gasteiger partial charge in [-0.1, -0.05) is 20.8 Å². The van der Waals surface area contributed by atoms with Crippen LogP contribution < -0.4 is 5.32 Å². The zero-order chi connectivity index (χ0) is 14.5. The molecule has 0 amide bonds. The van der Waals surface area contributed by atoms with Gasteiger partial charge in [0.05, 0.1) is 0 Å². The van der Waals surface area contributed by atoms with Crippen LogP contribution >= 0.6 is 0 Å². The Kier molecular flexibility index (Phi) is 5.58. The van der Waals surface area contributed by atoms with Gasteiger partial charge in [0.25, 0.3) is 0 Å². The maximum atomic E-state index is 4.49. The second-order valence-corrected chi connectivity index (χ2v) is 6.58. The van der Waals surface area contributed by atoms with Crippen LogP contribution in [0.1, 0.15) is 52.3 Å². The van der Waals surface area contributed by atoms with Crippen LogP contribution in [0.2, 0.25) is 0 Å². The van der Waals surface area contributed by atoms with Gasteiger partial charge in [-0.3, -0.25) is 4.68 Å². The summed E-state index contributed by atoms with van der Waals surface area (Å²) < 4.78 is 2.09. The lowest BCUT2D eigenvalue weighted by atomic mass is 9.72. The molecule has 4 heteroatoms. The van der Waals surface area contributed by atoms with E-state index in [-0.39, 0.29) is 0 Å². The lowest BCUT2D eigenvalue weighted by molar-refractivity contribution is 0.170. The summed E-state index contributed by atoms with van der Waals surface area (Å²) in [7, 11) is 2.10. The van der Waals surface area contributed by atoms with Crippen LogP contribution in [0.25, 0.3) is 0 Å². The smallest absolute Gasteiger partial charge is 0.138 e. The molecule has 1 aliphatic rings. The first-order chi connectivity index (χ1) is 9.65. The average Bonchev–Trinajstić information content (AvgIpc) is 2.86. The molecule has 1 aromatic heterocycles. The van der Waals surface area contributed by atoms with E-state index < -0.39 is 0 Å². The largest absolute Gasteiger partial charge is 0.317 e. The summed E-state index contributed by atoms with van der Waals surface area (Å²) in [5, 5.41) is 7.88. The molecular weight excluding hydrogens is 248 g/mol. The number of rotatable bonds is 6. The molecule has 1 heterocycles. The summed E-state index contributed by atoms with van der Waals surface area (Å²) >= 11 is 0. The summed E-state index contributed by atoms with van der Waals surface area (Å²) in [6, 6.07) is 0.636. The fraction of sp³-hybridized carbons (Fsp3) is 0.875. The SMILES string of the molecule is CCCn1ncnc1CC1CC(C(C)C)CCC1NC. The topological polar surface area (TPSA) is 42.7 Å². The van der Waals surface area contributed by atoms with E-state index >= 15 is 0 Å². The number of hydrogen-bond donors (Lipinski definition) is 1. The monoisotopic (exact) mass is 278 g/mol. The Bertz CT molecular complexity index is 399. The third-order valence-corrected chi connectivity index (χ3v) is 4.91. The standard InChI is InChI=1S/C16H30N4/c1-5-8-20-16(18-11-19-20)10-14-9-13(12(2)3)6-7-15(14)17-4/h11-15,17H,5-10H2,1-4H3. The molecule has 3 unspecified atom stereocenters. The molecule has 1 saturated carbocycles. The van der Waals surface area contributed by atoms with Crippen LogP contribution in [-0.4, -0.2) is 27.9 Å². The lowest BCUT2D eigenvalue weighted by Crippen LogP contribution is -2.41. The normalized spacial score (nSPS) is 27.1. The zero-order valence-electron chi connectivity index (χ0n) is 13.5. The third kappa shape index (κ3) is 3.60. The van der Waals surface area contributed by atoms with E-state index in [1.165, 1.54) is 25.1 Å². The van der Waals surface area contributed by atoms with E-state index in [2.05, 4.69) is 47.9 Å².